The third-order valence-electron chi connectivity index (χ3n) is 3.10. The van der Waals surface area contributed by atoms with Gasteiger partial charge < -0.3 is 15.5 Å². The minimum Gasteiger partial charge on any atom is -0.478 e. The van der Waals surface area contributed by atoms with Gasteiger partial charge in [-0.1, -0.05) is 30.3 Å². The summed E-state index contributed by atoms with van der Waals surface area (Å²) in [7, 11) is 0. The van der Waals surface area contributed by atoms with E-state index in [1.165, 1.54) is 12.1 Å². The molecular weight excluding hydrogens is 268 g/mol. The Bertz CT molecular complexity index is 614. The standard InChI is InChI=1S/C16H18N2O3/c1-11-7-13(16(20)21)9-15(17-11)18-14(10-19)8-12-5-3-2-4-6-12/h2-7,9,14,19H,8,10H2,1H3,(H,17,18)(H,20,21). The number of aryl methyl sites for hydroxylation is 1. The zero-order valence-electron chi connectivity index (χ0n) is 11.8. The van der Waals surface area contributed by atoms with E-state index in [1.54, 1.807) is 6.92 Å². The number of benzene rings is 1. The Balaban J connectivity index is 2.13. The average Bonchev–Trinajstić information content (AvgIpc) is 2.47. The van der Waals surface area contributed by atoms with Gasteiger partial charge in [-0.3, -0.25) is 0 Å². The maximum Gasteiger partial charge on any atom is 0.335 e. The molecule has 0 aliphatic heterocycles. The van der Waals surface area contributed by atoms with Crippen molar-refractivity contribution in [3.05, 3.63) is 59.3 Å². The van der Waals surface area contributed by atoms with Gasteiger partial charge in [0.15, 0.2) is 0 Å². The number of carboxylic acid groups (broad SMARTS) is 1. The van der Waals surface area contributed by atoms with E-state index >= 15 is 0 Å². The maximum absolute atomic E-state index is 11.0. The van der Waals surface area contributed by atoms with Crippen LogP contribution in [0.2, 0.25) is 0 Å². The number of aromatic carboxylic acids is 1. The highest BCUT2D eigenvalue weighted by Gasteiger charge is 2.12. The first kappa shape index (κ1) is 15.0. The van der Waals surface area contributed by atoms with E-state index in [2.05, 4.69) is 10.3 Å². The van der Waals surface area contributed by atoms with Crippen LogP contribution in [0, 0.1) is 6.92 Å². The number of anilines is 1. The first-order valence-electron chi connectivity index (χ1n) is 6.72. The zero-order chi connectivity index (χ0) is 15.2. The molecule has 110 valence electrons. The third-order valence-corrected chi connectivity index (χ3v) is 3.10. The highest BCUT2D eigenvalue weighted by Crippen LogP contribution is 2.13. The summed E-state index contributed by atoms with van der Waals surface area (Å²) in [6.07, 6.45) is 0.634. The molecule has 0 saturated carbocycles. The number of pyridine rings is 1. The number of carboxylic acids is 1. The predicted octanol–water partition coefficient (Wildman–Crippen LogP) is 2.10. The van der Waals surface area contributed by atoms with Gasteiger partial charge in [-0.05, 0) is 31.0 Å². The van der Waals surface area contributed by atoms with Crippen LogP contribution >= 0.6 is 0 Å². The summed E-state index contributed by atoms with van der Waals surface area (Å²) in [5.74, 6) is -0.533. The number of hydrogen-bond acceptors (Lipinski definition) is 4. The molecule has 1 aromatic carbocycles. The minimum absolute atomic E-state index is 0.0626. The van der Waals surface area contributed by atoms with Crippen LogP contribution in [0.4, 0.5) is 5.82 Å². The summed E-state index contributed by atoms with van der Waals surface area (Å²) in [6, 6.07) is 12.6. The van der Waals surface area contributed by atoms with Crippen molar-refractivity contribution in [3.63, 3.8) is 0 Å². The van der Waals surface area contributed by atoms with Crippen molar-refractivity contribution in [1.29, 1.82) is 0 Å². The SMILES string of the molecule is Cc1cc(C(=O)O)cc(NC(CO)Cc2ccccc2)n1. The maximum atomic E-state index is 11.0. The van der Waals surface area contributed by atoms with Gasteiger partial charge >= 0.3 is 5.97 Å². The smallest absolute Gasteiger partial charge is 0.335 e. The van der Waals surface area contributed by atoms with Crippen molar-refractivity contribution in [2.24, 2.45) is 0 Å². The van der Waals surface area contributed by atoms with E-state index in [-0.39, 0.29) is 18.2 Å². The first-order chi connectivity index (χ1) is 10.1. The van der Waals surface area contributed by atoms with Crippen molar-refractivity contribution >= 4 is 11.8 Å². The predicted molar refractivity (Wildman–Crippen MR) is 80.6 cm³/mol. The fourth-order valence-corrected chi connectivity index (χ4v) is 2.13. The lowest BCUT2D eigenvalue weighted by Gasteiger charge is -2.17. The van der Waals surface area contributed by atoms with Gasteiger partial charge in [0.2, 0.25) is 0 Å². The molecule has 0 spiro atoms. The molecule has 0 fully saturated rings. The van der Waals surface area contributed by atoms with Crippen LogP contribution in [0.3, 0.4) is 0 Å². The van der Waals surface area contributed by atoms with Crippen LogP contribution in [0.1, 0.15) is 21.6 Å². The molecule has 1 unspecified atom stereocenters. The zero-order valence-corrected chi connectivity index (χ0v) is 11.8. The van der Waals surface area contributed by atoms with Crippen molar-refractivity contribution in [3.8, 4) is 0 Å². The summed E-state index contributed by atoms with van der Waals surface area (Å²) in [5.41, 5.74) is 1.89. The number of nitrogens with one attached hydrogen (secondary N) is 1. The Morgan fingerprint density at radius 2 is 2.00 bits per heavy atom. The van der Waals surface area contributed by atoms with E-state index in [9.17, 15) is 9.90 Å². The molecule has 1 atom stereocenters. The highest BCUT2D eigenvalue weighted by molar-refractivity contribution is 5.88. The van der Waals surface area contributed by atoms with Gasteiger partial charge in [0.25, 0.3) is 0 Å². The fraction of sp³-hybridized carbons (Fsp3) is 0.250. The molecule has 0 saturated heterocycles. The third kappa shape index (κ3) is 4.29. The monoisotopic (exact) mass is 286 g/mol. The second-order valence-corrected chi connectivity index (χ2v) is 4.90. The molecule has 2 aromatic rings. The lowest BCUT2D eigenvalue weighted by molar-refractivity contribution is 0.0696. The van der Waals surface area contributed by atoms with Crippen molar-refractivity contribution in [2.45, 2.75) is 19.4 Å². The number of aliphatic hydroxyl groups is 1. The summed E-state index contributed by atoms with van der Waals surface area (Å²) < 4.78 is 0. The van der Waals surface area contributed by atoms with Gasteiger partial charge in [0.05, 0.1) is 18.2 Å². The Labute approximate surface area is 123 Å². The number of carbonyl (C=O) groups is 1. The molecule has 0 amide bonds. The molecule has 2 rings (SSSR count). The van der Waals surface area contributed by atoms with Crippen LogP contribution in [0.15, 0.2) is 42.5 Å². The fourth-order valence-electron chi connectivity index (χ4n) is 2.13. The van der Waals surface area contributed by atoms with Crippen molar-refractivity contribution in [2.75, 3.05) is 11.9 Å². The highest BCUT2D eigenvalue weighted by atomic mass is 16.4. The first-order valence-corrected chi connectivity index (χ1v) is 6.72. The Hall–Kier alpha value is -2.40. The Morgan fingerprint density at radius 1 is 1.29 bits per heavy atom. The lowest BCUT2D eigenvalue weighted by Crippen LogP contribution is -2.27. The minimum atomic E-state index is -0.993. The van der Waals surface area contributed by atoms with Crippen molar-refractivity contribution in [1.82, 2.24) is 4.98 Å². The number of rotatable bonds is 6. The quantitative estimate of drug-likeness (QED) is 0.757. The summed E-state index contributed by atoms with van der Waals surface area (Å²) >= 11 is 0. The van der Waals surface area contributed by atoms with Gasteiger partial charge in [-0.25, -0.2) is 9.78 Å². The molecular formula is C16H18N2O3. The van der Waals surface area contributed by atoms with Crippen LogP contribution in [0.5, 0.6) is 0 Å². The molecule has 21 heavy (non-hydrogen) atoms. The Morgan fingerprint density at radius 3 is 2.62 bits per heavy atom. The second-order valence-electron chi connectivity index (χ2n) is 4.90. The van der Waals surface area contributed by atoms with Crippen molar-refractivity contribution < 1.29 is 15.0 Å². The van der Waals surface area contributed by atoms with Crippen LogP contribution in [-0.4, -0.2) is 33.8 Å². The molecule has 3 N–H and O–H groups in total. The molecule has 1 aromatic heterocycles. The molecule has 0 aliphatic carbocycles. The van der Waals surface area contributed by atoms with E-state index in [4.69, 9.17) is 5.11 Å². The van der Waals surface area contributed by atoms with E-state index < -0.39 is 5.97 Å². The van der Waals surface area contributed by atoms with E-state index in [0.29, 0.717) is 17.9 Å². The summed E-state index contributed by atoms with van der Waals surface area (Å²) in [6.45, 7) is 1.68. The molecule has 5 heteroatoms. The van der Waals surface area contributed by atoms with Gasteiger partial charge in [0, 0.05) is 5.69 Å². The lowest BCUT2D eigenvalue weighted by atomic mass is 10.1. The molecule has 5 nitrogen and oxygen atoms in total. The number of hydrogen-bond donors (Lipinski definition) is 3. The number of aliphatic hydroxyl groups excluding tert-OH is 1. The topological polar surface area (TPSA) is 82.5 Å². The second kappa shape index (κ2) is 6.85. The van der Waals surface area contributed by atoms with Crippen LogP contribution in [0.25, 0.3) is 0 Å². The average molecular weight is 286 g/mol. The summed E-state index contributed by atoms with van der Waals surface area (Å²) in [5, 5.41) is 21.6. The van der Waals surface area contributed by atoms with Crippen LogP contribution in [-0.2, 0) is 6.42 Å². The largest absolute Gasteiger partial charge is 0.478 e. The summed E-state index contributed by atoms with van der Waals surface area (Å²) in [4.78, 5) is 15.3. The molecule has 0 bridgehead atoms. The van der Waals surface area contributed by atoms with Crippen LogP contribution < -0.4 is 5.32 Å². The van der Waals surface area contributed by atoms with Gasteiger partial charge in [-0.15, -0.1) is 0 Å². The number of aromatic nitrogens is 1. The van der Waals surface area contributed by atoms with Gasteiger partial charge in [-0.2, -0.15) is 0 Å². The molecule has 0 radical (unpaired) electrons. The Kier molecular flexibility index (Phi) is 4.90. The molecule has 1 heterocycles. The molecule has 0 aliphatic rings. The van der Waals surface area contributed by atoms with E-state index in [0.717, 1.165) is 5.56 Å². The van der Waals surface area contributed by atoms with E-state index in [1.807, 2.05) is 30.3 Å². The van der Waals surface area contributed by atoms with Gasteiger partial charge in [0.1, 0.15) is 5.82 Å². The number of nitrogens with zero attached hydrogens (tertiary/aromatic N) is 1. The normalized spacial score (nSPS) is 11.9.